The third-order valence-electron chi connectivity index (χ3n) is 2.57. The van der Waals surface area contributed by atoms with Gasteiger partial charge in [-0.15, -0.1) is 0 Å². The number of carbonyl (C=O) groups excluding carboxylic acids is 1. The molecule has 0 radical (unpaired) electrons. The predicted octanol–water partition coefficient (Wildman–Crippen LogP) is 1.48. The zero-order valence-corrected chi connectivity index (χ0v) is 10.9. The summed E-state index contributed by atoms with van der Waals surface area (Å²) in [7, 11) is 3.41. The first-order valence-corrected chi connectivity index (χ1v) is 5.61. The minimum absolute atomic E-state index is 0.00570. The van der Waals surface area contributed by atoms with Gasteiger partial charge in [0.25, 0.3) is 5.91 Å². The molecular formula is C13H20N2O2. The van der Waals surface area contributed by atoms with Crippen LogP contribution in [-0.4, -0.2) is 31.5 Å². The van der Waals surface area contributed by atoms with Crippen LogP contribution in [0.2, 0.25) is 0 Å². The number of likely N-dealkylation sites (N-methyl/N-ethyl adjacent to an activating group) is 1. The lowest BCUT2D eigenvalue weighted by Crippen LogP contribution is -2.27. The molecule has 0 saturated heterocycles. The molecule has 0 aliphatic heterocycles. The van der Waals surface area contributed by atoms with Crippen LogP contribution in [0.3, 0.4) is 0 Å². The van der Waals surface area contributed by atoms with E-state index in [0.29, 0.717) is 0 Å². The smallest absolute Gasteiger partial charge is 0.259 e. The Hall–Kier alpha value is -1.55. The van der Waals surface area contributed by atoms with Gasteiger partial charge in [-0.05, 0) is 31.0 Å². The Morgan fingerprint density at radius 1 is 1.47 bits per heavy atom. The molecule has 1 rings (SSSR count). The molecule has 0 bridgehead atoms. The zero-order chi connectivity index (χ0) is 13.0. The molecule has 0 aliphatic carbocycles. The zero-order valence-electron chi connectivity index (χ0n) is 10.9. The van der Waals surface area contributed by atoms with E-state index in [0.717, 1.165) is 16.9 Å². The molecule has 0 aromatic heterocycles. The summed E-state index contributed by atoms with van der Waals surface area (Å²) < 4.78 is 5.46. The van der Waals surface area contributed by atoms with Crippen molar-refractivity contribution in [3.05, 3.63) is 29.3 Å². The lowest BCUT2D eigenvalue weighted by atomic mass is 10.1. The number of amides is 1. The van der Waals surface area contributed by atoms with Gasteiger partial charge in [-0.1, -0.05) is 12.1 Å². The minimum atomic E-state index is -0.0549. The average molecular weight is 236 g/mol. The minimum Gasteiger partial charge on any atom is -0.484 e. The first-order valence-electron chi connectivity index (χ1n) is 5.61. The highest BCUT2D eigenvalue weighted by molar-refractivity contribution is 5.77. The molecular weight excluding hydrogens is 216 g/mol. The van der Waals surface area contributed by atoms with Gasteiger partial charge >= 0.3 is 0 Å². The second-order valence-corrected chi connectivity index (χ2v) is 4.39. The van der Waals surface area contributed by atoms with Crippen molar-refractivity contribution in [2.45, 2.75) is 19.9 Å². The Morgan fingerprint density at radius 2 is 2.12 bits per heavy atom. The van der Waals surface area contributed by atoms with Gasteiger partial charge in [0.2, 0.25) is 0 Å². The Bertz CT molecular complexity index is 400. The molecule has 94 valence electrons. The molecule has 1 aromatic rings. The van der Waals surface area contributed by atoms with Gasteiger partial charge < -0.3 is 15.4 Å². The molecule has 0 unspecified atom stereocenters. The molecule has 0 spiro atoms. The SMILES string of the molecule is Cc1cc([C@H](C)N)ccc1OCC(=O)N(C)C. The Labute approximate surface area is 102 Å². The highest BCUT2D eigenvalue weighted by Crippen LogP contribution is 2.21. The van der Waals surface area contributed by atoms with Gasteiger partial charge in [-0.25, -0.2) is 0 Å². The van der Waals surface area contributed by atoms with Crippen LogP contribution < -0.4 is 10.5 Å². The monoisotopic (exact) mass is 236 g/mol. The van der Waals surface area contributed by atoms with E-state index < -0.39 is 0 Å². The molecule has 0 fully saturated rings. The summed E-state index contributed by atoms with van der Waals surface area (Å²) in [5.41, 5.74) is 7.85. The molecule has 0 aliphatic rings. The van der Waals surface area contributed by atoms with Crippen molar-refractivity contribution in [1.82, 2.24) is 4.90 Å². The number of aryl methyl sites for hydroxylation is 1. The summed E-state index contributed by atoms with van der Waals surface area (Å²) in [4.78, 5) is 12.9. The van der Waals surface area contributed by atoms with Crippen LogP contribution in [0.1, 0.15) is 24.1 Å². The van der Waals surface area contributed by atoms with E-state index in [9.17, 15) is 4.79 Å². The van der Waals surface area contributed by atoms with Crippen molar-refractivity contribution < 1.29 is 9.53 Å². The highest BCUT2D eigenvalue weighted by atomic mass is 16.5. The molecule has 17 heavy (non-hydrogen) atoms. The number of benzene rings is 1. The summed E-state index contributed by atoms with van der Waals surface area (Å²) in [6.07, 6.45) is 0. The number of hydrogen-bond acceptors (Lipinski definition) is 3. The van der Waals surface area contributed by atoms with Crippen LogP contribution >= 0.6 is 0 Å². The van der Waals surface area contributed by atoms with E-state index >= 15 is 0 Å². The lowest BCUT2D eigenvalue weighted by molar-refractivity contribution is -0.130. The molecule has 0 saturated carbocycles. The van der Waals surface area contributed by atoms with Crippen molar-refractivity contribution >= 4 is 5.91 Å². The van der Waals surface area contributed by atoms with E-state index in [1.54, 1.807) is 14.1 Å². The number of ether oxygens (including phenoxy) is 1. The number of carbonyl (C=O) groups is 1. The van der Waals surface area contributed by atoms with Crippen molar-refractivity contribution in [1.29, 1.82) is 0 Å². The molecule has 1 amide bonds. The number of nitrogens with two attached hydrogens (primary N) is 1. The van der Waals surface area contributed by atoms with Crippen LogP contribution in [0.5, 0.6) is 5.75 Å². The second-order valence-electron chi connectivity index (χ2n) is 4.39. The largest absolute Gasteiger partial charge is 0.484 e. The van der Waals surface area contributed by atoms with Crippen LogP contribution in [0, 0.1) is 6.92 Å². The van der Waals surface area contributed by atoms with Gasteiger partial charge in [-0.2, -0.15) is 0 Å². The van der Waals surface area contributed by atoms with E-state index in [-0.39, 0.29) is 18.6 Å². The van der Waals surface area contributed by atoms with Crippen molar-refractivity contribution in [2.24, 2.45) is 5.73 Å². The summed E-state index contributed by atoms with van der Waals surface area (Å²) in [5.74, 6) is 0.672. The maximum absolute atomic E-state index is 11.4. The third kappa shape index (κ3) is 3.75. The fourth-order valence-electron chi connectivity index (χ4n) is 1.39. The molecule has 0 heterocycles. The number of hydrogen-bond donors (Lipinski definition) is 1. The molecule has 1 aromatic carbocycles. The summed E-state index contributed by atoms with van der Waals surface area (Å²) in [6, 6.07) is 5.77. The van der Waals surface area contributed by atoms with E-state index in [4.69, 9.17) is 10.5 Å². The van der Waals surface area contributed by atoms with Crippen LogP contribution in [0.4, 0.5) is 0 Å². The van der Waals surface area contributed by atoms with Gasteiger partial charge in [0, 0.05) is 20.1 Å². The average Bonchev–Trinajstić information content (AvgIpc) is 2.26. The van der Waals surface area contributed by atoms with Crippen molar-refractivity contribution in [2.75, 3.05) is 20.7 Å². The first-order chi connectivity index (χ1) is 7.91. The lowest BCUT2D eigenvalue weighted by Gasteiger charge is -2.14. The molecule has 4 nitrogen and oxygen atoms in total. The van der Waals surface area contributed by atoms with Gasteiger partial charge in [-0.3, -0.25) is 4.79 Å². The Morgan fingerprint density at radius 3 is 2.59 bits per heavy atom. The van der Waals surface area contributed by atoms with E-state index in [1.165, 1.54) is 4.90 Å². The maximum Gasteiger partial charge on any atom is 0.259 e. The van der Waals surface area contributed by atoms with Crippen molar-refractivity contribution in [3.63, 3.8) is 0 Å². The predicted molar refractivity (Wildman–Crippen MR) is 68.0 cm³/mol. The Balaban J connectivity index is 2.70. The number of nitrogens with zero attached hydrogens (tertiary/aromatic N) is 1. The third-order valence-corrected chi connectivity index (χ3v) is 2.57. The van der Waals surface area contributed by atoms with Gasteiger partial charge in [0.15, 0.2) is 6.61 Å². The quantitative estimate of drug-likeness (QED) is 0.861. The van der Waals surface area contributed by atoms with Gasteiger partial charge in [0.05, 0.1) is 0 Å². The van der Waals surface area contributed by atoms with Crippen LogP contribution in [-0.2, 0) is 4.79 Å². The molecule has 2 N–H and O–H groups in total. The number of rotatable bonds is 4. The standard InChI is InChI=1S/C13H20N2O2/c1-9-7-11(10(2)14)5-6-12(9)17-8-13(16)15(3)4/h5-7,10H,8,14H2,1-4H3/t10-/m0/s1. The topological polar surface area (TPSA) is 55.6 Å². The summed E-state index contributed by atoms with van der Waals surface area (Å²) >= 11 is 0. The highest BCUT2D eigenvalue weighted by Gasteiger charge is 2.08. The summed E-state index contributed by atoms with van der Waals surface area (Å²) in [6.45, 7) is 3.94. The fraction of sp³-hybridized carbons (Fsp3) is 0.462. The molecule has 4 heteroatoms. The Kier molecular flexibility index (Phi) is 4.52. The maximum atomic E-state index is 11.4. The van der Waals surface area contributed by atoms with Gasteiger partial charge in [0.1, 0.15) is 5.75 Å². The van der Waals surface area contributed by atoms with E-state index in [1.807, 2.05) is 32.0 Å². The molecule has 1 atom stereocenters. The normalized spacial score (nSPS) is 12.1. The van der Waals surface area contributed by atoms with E-state index in [2.05, 4.69) is 0 Å². The van der Waals surface area contributed by atoms with Crippen molar-refractivity contribution in [3.8, 4) is 5.75 Å². The van der Waals surface area contributed by atoms with Crippen LogP contribution in [0.25, 0.3) is 0 Å². The summed E-state index contributed by atoms with van der Waals surface area (Å²) in [5, 5.41) is 0. The van der Waals surface area contributed by atoms with Crippen LogP contribution in [0.15, 0.2) is 18.2 Å². The first kappa shape index (κ1) is 13.5. The fourth-order valence-corrected chi connectivity index (χ4v) is 1.39. The second kappa shape index (κ2) is 5.68.